The van der Waals surface area contributed by atoms with Crippen LogP contribution in [0.1, 0.15) is 50.5 Å². The van der Waals surface area contributed by atoms with E-state index in [1.807, 2.05) is 0 Å². The van der Waals surface area contributed by atoms with Crippen LogP contribution >= 0.6 is 0 Å². The van der Waals surface area contributed by atoms with Crippen molar-refractivity contribution in [3.05, 3.63) is 48.0 Å². The van der Waals surface area contributed by atoms with E-state index in [0.29, 0.717) is 0 Å². The topological polar surface area (TPSA) is 41.5 Å². The fourth-order valence-corrected chi connectivity index (χ4v) is 3.42. The molecule has 0 bridgehead atoms. The van der Waals surface area contributed by atoms with Crippen LogP contribution in [0.3, 0.4) is 0 Å². The summed E-state index contributed by atoms with van der Waals surface area (Å²) in [6, 6.07) is 14.9. The summed E-state index contributed by atoms with van der Waals surface area (Å²) in [7, 11) is 1.74. The smallest absolute Gasteiger partial charge is 0.0676 e. The minimum Gasteiger partial charge on any atom is -0.392 e. The van der Waals surface area contributed by atoms with E-state index in [1.54, 1.807) is 7.11 Å². The number of rotatable bonds is 3. The Bertz CT molecular complexity index is 587. The van der Waals surface area contributed by atoms with Crippen molar-refractivity contribution in [3.63, 3.8) is 0 Å². The van der Waals surface area contributed by atoms with Crippen LogP contribution < -0.4 is 5.32 Å². The van der Waals surface area contributed by atoms with Crippen LogP contribution in [0.5, 0.6) is 0 Å². The number of ether oxygens (including phenoxy) is 1. The zero-order valence-electron chi connectivity index (χ0n) is 16.3. The van der Waals surface area contributed by atoms with Gasteiger partial charge in [-0.25, -0.2) is 0 Å². The first kappa shape index (κ1) is 20.9. The second kappa shape index (κ2) is 12.9. The molecule has 4 rings (SSSR count). The summed E-state index contributed by atoms with van der Waals surface area (Å²) in [5, 5.41) is 14.3. The summed E-state index contributed by atoms with van der Waals surface area (Å²) in [6.07, 6.45) is 10.8. The zero-order valence-corrected chi connectivity index (χ0v) is 16.3. The molecule has 1 atom stereocenters. The molecule has 0 spiro atoms. The minimum atomic E-state index is -0.0648. The molecule has 2 aromatic rings. The maximum absolute atomic E-state index is 8.67. The first-order valence-corrected chi connectivity index (χ1v) is 10.2. The number of fused-ring (bicyclic) bond motifs is 1. The Hall–Kier alpha value is -1.42. The molecule has 1 saturated heterocycles. The summed E-state index contributed by atoms with van der Waals surface area (Å²) in [5.74, 6) is 0. The van der Waals surface area contributed by atoms with Crippen molar-refractivity contribution in [1.29, 1.82) is 0 Å². The maximum atomic E-state index is 8.67. The average molecular weight is 358 g/mol. The van der Waals surface area contributed by atoms with Gasteiger partial charge in [-0.2, -0.15) is 0 Å². The largest absolute Gasteiger partial charge is 0.392 e. The lowest BCUT2D eigenvalue weighted by Crippen LogP contribution is -2.11. The van der Waals surface area contributed by atoms with E-state index >= 15 is 0 Å². The van der Waals surface area contributed by atoms with Gasteiger partial charge in [0.2, 0.25) is 0 Å². The average Bonchev–Trinajstić information content (AvgIpc) is 3.19. The second-order valence-electron chi connectivity index (χ2n) is 7.15. The molecule has 1 aliphatic carbocycles. The van der Waals surface area contributed by atoms with E-state index in [9.17, 15) is 0 Å². The van der Waals surface area contributed by atoms with E-state index in [1.165, 1.54) is 54.9 Å². The van der Waals surface area contributed by atoms with Gasteiger partial charge in [0.05, 0.1) is 12.7 Å². The quantitative estimate of drug-likeness (QED) is 0.836. The lowest BCUT2D eigenvalue weighted by atomic mass is 10.0. The van der Waals surface area contributed by atoms with Crippen LogP contribution in [0.4, 0.5) is 0 Å². The summed E-state index contributed by atoms with van der Waals surface area (Å²) in [4.78, 5) is 0. The fraction of sp³-hybridized carbons (Fsp3) is 0.565. The van der Waals surface area contributed by atoms with Gasteiger partial charge in [-0.05, 0) is 35.7 Å². The molecule has 3 nitrogen and oxygen atoms in total. The van der Waals surface area contributed by atoms with Crippen molar-refractivity contribution < 1.29 is 9.84 Å². The molecule has 26 heavy (non-hydrogen) atoms. The van der Waals surface area contributed by atoms with Crippen molar-refractivity contribution >= 4 is 10.8 Å². The first-order valence-electron chi connectivity index (χ1n) is 10.2. The number of hydrogen-bond donors (Lipinski definition) is 2. The molecule has 1 aliphatic heterocycles. The SMILES string of the molecule is C1CCCCC1.COCCc1cccc2ccccc12.OC1CCNC1. The van der Waals surface area contributed by atoms with Gasteiger partial charge in [0.25, 0.3) is 0 Å². The van der Waals surface area contributed by atoms with Crippen molar-refractivity contribution in [3.8, 4) is 0 Å². The fourth-order valence-electron chi connectivity index (χ4n) is 3.42. The summed E-state index contributed by atoms with van der Waals surface area (Å²) >= 11 is 0. The van der Waals surface area contributed by atoms with Gasteiger partial charge in [0, 0.05) is 13.7 Å². The van der Waals surface area contributed by atoms with Crippen LogP contribution in [0.2, 0.25) is 0 Å². The summed E-state index contributed by atoms with van der Waals surface area (Å²) < 4.78 is 5.09. The Morgan fingerprint density at radius 1 is 0.962 bits per heavy atom. The molecule has 2 fully saturated rings. The molecule has 0 radical (unpaired) electrons. The highest BCUT2D eigenvalue weighted by atomic mass is 16.5. The summed E-state index contributed by atoms with van der Waals surface area (Å²) in [5.41, 5.74) is 1.37. The number of aliphatic hydroxyl groups is 1. The monoisotopic (exact) mass is 357 g/mol. The van der Waals surface area contributed by atoms with E-state index in [0.717, 1.165) is 32.5 Å². The highest BCUT2D eigenvalue weighted by Gasteiger charge is 2.08. The second-order valence-corrected chi connectivity index (χ2v) is 7.15. The number of nitrogens with one attached hydrogen (secondary N) is 1. The van der Waals surface area contributed by atoms with Crippen molar-refractivity contribution in [2.24, 2.45) is 0 Å². The molecule has 2 N–H and O–H groups in total. The first-order chi connectivity index (χ1) is 12.8. The molecule has 1 heterocycles. The Balaban J connectivity index is 0.000000166. The number of β-amino-alcohol motifs (C(OH)–C–C–N with tert-alkyl or cyclic N) is 1. The third-order valence-corrected chi connectivity index (χ3v) is 4.99. The van der Waals surface area contributed by atoms with Crippen LogP contribution in [0.15, 0.2) is 42.5 Å². The van der Waals surface area contributed by atoms with Gasteiger partial charge in [-0.15, -0.1) is 0 Å². The Morgan fingerprint density at radius 3 is 2.15 bits per heavy atom. The van der Waals surface area contributed by atoms with Gasteiger partial charge >= 0.3 is 0 Å². The molecule has 2 aliphatic rings. The molecule has 3 heteroatoms. The molecule has 0 aromatic heterocycles. The molecular weight excluding hydrogens is 322 g/mol. The van der Waals surface area contributed by atoms with Crippen LogP contribution in [-0.2, 0) is 11.2 Å². The lowest BCUT2D eigenvalue weighted by molar-refractivity contribution is 0.196. The molecule has 144 valence electrons. The number of benzene rings is 2. The Morgan fingerprint density at radius 2 is 1.62 bits per heavy atom. The van der Waals surface area contributed by atoms with E-state index in [2.05, 4.69) is 47.8 Å². The highest BCUT2D eigenvalue weighted by Crippen LogP contribution is 2.18. The predicted octanol–water partition coefficient (Wildman–Crippen LogP) is 4.71. The number of aliphatic hydroxyl groups excluding tert-OH is 1. The van der Waals surface area contributed by atoms with Gasteiger partial charge in [0.15, 0.2) is 0 Å². The van der Waals surface area contributed by atoms with Crippen molar-refractivity contribution in [2.45, 2.75) is 57.5 Å². The van der Waals surface area contributed by atoms with Crippen molar-refractivity contribution in [2.75, 3.05) is 26.8 Å². The number of hydrogen-bond acceptors (Lipinski definition) is 3. The highest BCUT2D eigenvalue weighted by molar-refractivity contribution is 5.85. The molecule has 1 unspecified atom stereocenters. The van der Waals surface area contributed by atoms with E-state index < -0.39 is 0 Å². The van der Waals surface area contributed by atoms with Gasteiger partial charge < -0.3 is 15.2 Å². The Labute approximate surface area is 158 Å². The molecular formula is C23H35NO2. The van der Waals surface area contributed by atoms with E-state index in [-0.39, 0.29) is 6.10 Å². The van der Waals surface area contributed by atoms with Gasteiger partial charge in [-0.3, -0.25) is 0 Å². The van der Waals surface area contributed by atoms with Crippen LogP contribution in [0, 0.1) is 0 Å². The van der Waals surface area contributed by atoms with Crippen LogP contribution in [0.25, 0.3) is 10.8 Å². The lowest BCUT2D eigenvalue weighted by Gasteiger charge is -2.05. The normalized spacial score (nSPS) is 19.2. The van der Waals surface area contributed by atoms with E-state index in [4.69, 9.17) is 9.84 Å². The third kappa shape index (κ3) is 7.86. The minimum absolute atomic E-state index is 0.0648. The maximum Gasteiger partial charge on any atom is 0.0676 e. The standard InChI is InChI=1S/C13H14O.C6H12.C4H9NO/c1-14-10-9-12-7-4-6-11-5-2-3-8-13(11)12;1-2-4-6-5-3-1;6-4-1-2-5-3-4/h2-8H,9-10H2,1H3;1-6H2;4-6H,1-3H2. The predicted molar refractivity (Wildman–Crippen MR) is 111 cm³/mol. The third-order valence-electron chi connectivity index (χ3n) is 4.99. The van der Waals surface area contributed by atoms with Crippen LogP contribution in [-0.4, -0.2) is 38.0 Å². The molecule has 2 aromatic carbocycles. The Kier molecular flexibility index (Phi) is 10.3. The molecule has 1 saturated carbocycles. The van der Waals surface area contributed by atoms with Gasteiger partial charge in [0.1, 0.15) is 0 Å². The number of methoxy groups -OCH3 is 1. The zero-order chi connectivity index (χ0) is 18.5. The van der Waals surface area contributed by atoms with Crippen molar-refractivity contribution in [1.82, 2.24) is 5.32 Å². The summed E-state index contributed by atoms with van der Waals surface area (Å²) in [6.45, 7) is 2.56. The molecule has 0 amide bonds. The van der Waals surface area contributed by atoms with Gasteiger partial charge in [-0.1, -0.05) is 81.0 Å².